The molecule has 2 saturated heterocycles. The molecule has 1 amide bonds. The van der Waals surface area contributed by atoms with Crippen molar-refractivity contribution in [2.24, 2.45) is 0 Å². The maximum atomic E-state index is 15.6. The van der Waals surface area contributed by atoms with Gasteiger partial charge in [-0.2, -0.15) is 0 Å². The predicted octanol–water partition coefficient (Wildman–Crippen LogP) is 6.60. The number of ether oxygens (including phenoxy) is 3. The second-order valence-corrected chi connectivity index (χ2v) is 19.1. The number of carbonyl (C=O) groups is 1. The SMILES string of the molecule is C[Si](C)(C)CCOCn1c(-c2ccc(C3CC3)cc2F)cnc1C1(CC=CCCC2(c3ccon3)OCCO2)CCC(=O)N1. The van der Waals surface area contributed by atoms with E-state index in [4.69, 9.17) is 23.7 Å². The van der Waals surface area contributed by atoms with Crippen LogP contribution in [-0.2, 0) is 37.1 Å². The minimum absolute atomic E-state index is 0.0214. The van der Waals surface area contributed by atoms with Crippen molar-refractivity contribution in [3.63, 3.8) is 0 Å². The normalized spacial score (nSPS) is 21.9. The second-order valence-electron chi connectivity index (χ2n) is 13.4. The molecule has 3 fully saturated rings. The van der Waals surface area contributed by atoms with Gasteiger partial charge >= 0.3 is 0 Å². The molecule has 9 nitrogen and oxygen atoms in total. The van der Waals surface area contributed by atoms with Gasteiger partial charge in [0.1, 0.15) is 35.9 Å². The number of hydrogen-bond donors (Lipinski definition) is 1. The summed E-state index contributed by atoms with van der Waals surface area (Å²) in [5.41, 5.74) is 2.09. The Labute approximate surface area is 259 Å². The van der Waals surface area contributed by atoms with Crippen molar-refractivity contribution in [1.82, 2.24) is 20.0 Å². The molecule has 2 aromatic heterocycles. The van der Waals surface area contributed by atoms with E-state index in [0.29, 0.717) is 80.6 Å². The lowest BCUT2D eigenvalue weighted by atomic mass is 9.91. The zero-order chi connectivity index (χ0) is 30.8. The van der Waals surface area contributed by atoms with Crippen molar-refractivity contribution in [3.05, 3.63) is 71.8 Å². The van der Waals surface area contributed by atoms with E-state index >= 15 is 4.39 Å². The van der Waals surface area contributed by atoms with Gasteiger partial charge in [-0.25, -0.2) is 9.37 Å². The smallest absolute Gasteiger partial charge is 0.220 e. The molecule has 44 heavy (non-hydrogen) atoms. The Bertz CT molecular complexity index is 1470. The minimum Gasteiger partial charge on any atom is -0.364 e. The fourth-order valence-electron chi connectivity index (χ4n) is 6.14. The summed E-state index contributed by atoms with van der Waals surface area (Å²) in [7, 11) is -1.30. The molecule has 1 aliphatic carbocycles. The molecule has 1 N–H and O–H groups in total. The Morgan fingerprint density at radius 3 is 2.66 bits per heavy atom. The topological polar surface area (TPSA) is 101 Å². The van der Waals surface area contributed by atoms with Crippen LogP contribution in [0.2, 0.25) is 25.7 Å². The zero-order valence-corrected chi connectivity index (χ0v) is 26.9. The molecule has 1 unspecified atom stereocenters. The van der Waals surface area contributed by atoms with Crippen LogP contribution >= 0.6 is 0 Å². The van der Waals surface area contributed by atoms with Gasteiger partial charge in [0.25, 0.3) is 0 Å². The Morgan fingerprint density at radius 2 is 2.00 bits per heavy atom. The van der Waals surface area contributed by atoms with Crippen molar-refractivity contribution in [2.75, 3.05) is 19.8 Å². The van der Waals surface area contributed by atoms with Crippen molar-refractivity contribution in [3.8, 4) is 11.3 Å². The molecule has 1 atom stereocenters. The van der Waals surface area contributed by atoms with E-state index in [1.165, 1.54) is 6.26 Å². The molecule has 0 radical (unpaired) electrons. The van der Waals surface area contributed by atoms with Gasteiger partial charge in [-0.3, -0.25) is 4.79 Å². The summed E-state index contributed by atoms with van der Waals surface area (Å²) in [6, 6.07) is 8.34. The fraction of sp³-hybridized carbons (Fsp3) is 0.545. The Balaban J connectivity index is 1.24. The van der Waals surface area contributed by atoms with E-state index in [2.05, 4.69) is 42.3 Å². The second kappa shape index (κ2) is 12.7. The van der Waals surface area contributed by atoms with E-state index in [1.54, 1.807) is 18.3 Å². The molecule has 0 spiro atoms. The molecular weight excluding hydrogens is 579 g/mol. The van der Waals surface area contributed by atoms with Crippen molar-refractivity contribution in [1.29, 1.82) is 0 Å². The number of amides is 1. The lowest BCUT2D eigenvalue weighted by Crippen LogP contribution is -2.41. The molecule has 1 aromatic carbocycles. The first-order valence-electron chi connectivity index (χ1n) is 15.8. The van der Waals surface area contributed by atoms with E-state index in [-0.39, 0.29) is 18.5 Å². The molecule has 11 heteroatoms. The summed E-state index contributed by atoms with van der Waals surface area (Å²) in [4.78, 5) is 17.5. The molecule has 1 saturated carbocycles. The largest absolute Gasteiger partial charge is 0.364 e. The first-order chi connectivity index (χ1) is 21.2. The first kappa shape index (κ1) is 30.9. The van der Waals surface area contributed by atoms with Gasteiger partial charge in [-0.1, -0.05) is 43.0 Å². The van der Waals surface area contributed by atoms with Gasteiger partial charge in [-0.15, -0.1) is 0 Å². The van der Waals surface area contributed by atoms with Crippen LogP contribution < -0.4 is 5.32 Å². The molecule has 6 rings (SSSR count). The quantitative estimate of drug-likeness (QED) is 0.123. The first-order valence-corrected chi connectivity index (χ1v) is 19.5. The van der Waals surface area contributed by atoms with E-state index in [1.807, 2.05) is 16.7 Å². The molecule has 3 aromatic rings. The van der Waals surface area contributed by atoms with Gasteiger partial charge in [-0.05, 0) is 61.8 Å². The monoisotopic (exact) mass is 622 g/mol. The van der Waals surface area contributed by atoms with Crippen LogP contribution in [0.5, 0.6) is 0 Å². The third-order valence-corrected chi connectivity index (χ3v) is 10.5. The zero-order valence-electron chi connectivity index (χ0n) is 25.9. The van der Waals surface area contributed by atoms with E-state index in [0.717, 1.165) is 24.4 Å². The average molecular weight is 623 g/mol. The number of imidazole rings is 1. The summed E-state index contributed by atoms with van der Waals surface area (Å²) in [6.07, 6.45) is 12.4. The number of carbonyl (C=O) groups excluding carboxylic acids is 1. The Kier molecular flexibility index (Phi) is 8.92. The Hall–Kier alpha value is -3.12. The molecule has 4 heterocycles. The average Bonchev–Trinajstić information content (AvgIpc) is 3.39. The summed E-state index contributed by atoms with van der Waals surface area (Å²) in [5.74, 6) is -0.0416. The van der Waals surface area contributed by atoms with Crippen molar-refractivity contribution < 1.29 is 27.9 Å². The molecular formula is C33H43FN4O5Si. The van der Waals surface area contributed by atoms with Crippen LogP contribution in [0, 0.1) is 5.82 Å². The number of benzene rings is 1. The van der Waals surface area contributed by atoms with Crippen LogP contribution in [0.15, 0.2) is 53.4 Å². The minimum atomic E-state index is -1.30. The highest BCUT2D eigenvalue weighted by Gasteiger charge is 2.43. The van der Waals surface area contributed by atoms with Gasteiger partial charge in [0.2, 0.25) is 11.7 Å². The number of nitrogens with zero attached hydrogens (tertiary/aromatic N) is 3. The summed E-state index contributed by atoms with van der Waals surface area (Å²) < 4.78 is 40.6. The summed E-state index contributed by atoms with van der Waals surface area (Å²) in [5, 5.41) is 7.28. The van der Waals surface area contributed by atoms with E-state index < -0.39 is 19.4 Å². The van der Waals surface area contributed by atoms with Gasteiger partial charge in [0.05, 0.1) is 25.1 Å². The fourth-order valence-corrected chi connectivity index (χ4v) is 6.89. The highest BCUT2D eigenvalue weighted by molar-refractivity contribution is 6.76. The third-order valence-electron chi connectivity index (χ3n) is 8.83. The van der Waals surface area contributed by atoms with Crippen molar-refractivity contribution in [2.45, 2.75) is 94.6 Å². The molecule has 236 valence electrons. The molecule has 2 aliphatic heterocycles. The summed E-state index contributed by atoms with van der Waals surface area (Å²) in [6.45, 7) is 8.79. The van der Waals surface area contributed by atoms with Crippen LogP contribution in [0.4, 0.5) is 4.39 Å². The number of rotatable bonds is 14. The number of nitrogens with one attached hydrogen (secondary N) is 1. The number of halogens is 1. The maximum Gasteiger partial charge on any atom is 0.220 e. The highest BCUT2D eigenvalue weighted by atomic mass is 28.3. The molecule has 3 aliphatic rings. The van der Waals surface area contributed by atoms with Crippen molar-refractivity contribution >= 4 is 14.0 Å². The number of allylic oxidation sites excluding steroid dienone is 1. The van der Waals surface area contributed by atoms with Gasteiger partial charge < -0.3 is 28.6 Å². The predicted molar refractivity (Wildman–Crippen MR) is 166 cm³/mol. The van der Waals surface area contributed by atoms with Gasteiger partial charge in [0.15, 0.2) is 0 Å². The maximum absolute atomic E-state index is 15.6. The lowest BCUT2D eigenvalue weighted by molar-refractivity contribution is -0.174. The highest BCUT2D eigenvalue weighted by Crippen LogP contribution is 2.42. The van der Waals surface area contributed by atoms with Gasteiger partial charge in [0, 0.05) is 39.2 Å². The standard InChI is InChI=1S/C33H43FN4O5Si/c1-44(2,3)20-19-40-23-38-28(26-10-9-25(21-27(26)34)24-7-8-24)22-35-31(38)32(15-11-30(39)36-32)13-5-4-6-14-33(41-17-18-42-33)29-12-16-43-37-29/h4-5,9-10,12,16,21-22,24H,6-8,11,13-15,17-20,23H2,1-3H3,(H,36,39). The van der Waals surface area contributed by atoms with Crippen LogP contribution in [0.1, 0.15) is 67.9 Å². The number of hydrogen-bond acceptors (Lipinski definition) is 7. The van der Waals surface area contributed by atoms with E-state index in [9.17, 15) is 4.79 Å². The summed E-state index contributed by atoms with van der Waals surface area (Å²) >= 11 is 0. The Morgan fingerprint density at radius 1 is 1.18 bits per heavy atom. The van der Waals surface area contributed by atoms with Crippen LogP contribution in [0.25, 0.3) is 11.3 Å². The molecule has 0 bridgehead atoms. The number of aromatic nitrogens is 3. The van der Waals surface area contributed by atoms with Crippen LogP contribution in [0.3, 0.4) is 0 Å². The van der Waals surface area contributed by atoms with Crippen LogP contribution in [-0.4, -0.2) is 48.5 Å². The lowest BCUT2D eigenvalue weighted by Gasteiger charge is -2.29. The third kappa shape index (κ3) is 6.75.